The molecule has 4 aromatic rings. The normalized spacial score (nSPS) is 13.4. The van der Waals surface area contributed by atoms with E-state index < -0.39 is 0 Å². The molecule has 0 heterocycles. The first-order valence-electron chi connectivity index (χ1n) is 31.0. The maximum Gasteiger partial charge on any atom is 0.222 e. The summed E-state index contributed by atoms with van der Waals surface area (Å²) < 4.78 is 0. The van der Waals surface area contributed by atoms with Gasteiger partial charge in [0.2, 0.25) is 11.8 Å². The fourth-order valence-electron chi connectivity index (χ4n) is 11.6. The van der Waals surface area contributed by atoms with E-state index in [4.69, 9.17) is 0 Å². The topological polar surface area (TPSA) is 122 Å². The lowest BCUT2D eigenvalue weighted by Gasteiger charge is -2.31. The van der Waals surface area contributed by atoms with E-state index in [0.29, 0.717) is 48.7 Å². The summed E-state index contributed by atoms with van der Waals surface area (Å²) in [6.45, 7) is 51.3. The standard InChI is InChI=1S/C74H116N2O6/c1-67(2,3)53-39-47(40-54(63(53)79)68(4,5)6)31-35-51(36-32-48-41-55(69(7,8)9)64(80)56(42-48)70(10,11)12)75(25)61(77)29-27-28-30-62(78)76(26)52(37-33-49-43-57(71(13,14)15)65(81)58(44-49)72(16,17)18)38-34-50-45-59(73(19,20)21)66(82)60(46-50)74(22,23)24/h39-46,51-52,79-82H,27-38H2,1-26H3. The van der Waals surface area contributed by atoms with Crippen molar-refractivity contribution in [3.8, 4) is 23.0 Å². The average molecular weight is 1130 g/mol. The molecule has 0 bridgehead atoms. The van der Waals surface area contributed by atoms with Crippen molar-refractivity contribution < 1.29 is 30.0 Å². The molecule has 0 fully saturated rings. The largest absolute Gasteiger partial charge is 0.507 e. The first kappa shape index (κ1) is 69.5. The van der Waals surface area contributed by atoms with E-state index in [9.17, 15) is 30.0 Å². The van der Waals surface area contributed by atoms with Gasteiger partial charge in [0, 0.05) is 39.0 Å². The smallest absolute Gasteiger partial charge is 0.222 e. The number of phenolic OH excluding ortho intramolecular Hbond substituents is 4. The van der Waals surface area contributed by atoms with Gasteiger partial charge < -0.3 is 30.2 Å². The zero-order valence-corrected chi connectivity index (χ0v) is 56.8. The van der Waals surface area contributed by atoms with Crippen molar-refractivity contribution in [1.82, 2.24) is 9.80 Å². The molecule has 0 aliphatic carbocycles. The van der Waals surface area contributed by atoms with Crippen LogP contribution in [0.2, 0.25) is 0 Å². The maximum atomic E-state index is 14.5. The molecule has 458 valence electrons. The number of carbonyl (C=O) groups excluding carboxylic acids is 2. The van der Waals surface area contributed by atoms with E-state index in [1.807, 2.05) is 23.9 Å². The SMILES string of the molecule is CN(C(=O)CCCCC(=O)N(C)C(CCc1cc(C(C)(C)C)c(O)c(C(C)(C)C)c1)CCc1cc(C(C)(C)C)c(O)c(C(C)(C)C)c1)C(CCc1cc(C(C)(C)C)c(O)c(C(C)(C)C)c1)CCc1cc(C(C)(C)C)c(O)c(C(C)(C)C)c1. The molecule has 8 nitrogen and oxygen atoms in total. The van der Waals surface area contributed by atoms with Gasteiger partial charge in [-0.05, 0) is 174 Å². The minimum Gasteiger partial charge on any atom is -0.507 e. The lowest BCUT2D eigenvalue weighted by atomic mass is 9.77. The van der Waals surface area contributed by atoms with Gasteiger partial charge in [0.1, 0.15) is 23.0 Å². The number of rotatable bonds is 19. The molecule has 0 atom stereocenters. The Morgan fingerprint density at radius 1 is 0.317 bits per heavy atom. The van der Waals surface area contributed by atoms with Gasteiger partial charge in [-0.3, -0.25) is 9.59 Å². The van der Waals surface area contributed by atoms with Gasteiger partial charge in [0.05, 0.1) is 0 Å². The van der Waals surface area contributed by atoms with Crippen LogP contribution in [0, 0.1) is 0 Å². The van der Waals surface area contributed by atoms with Crippen molar-refractivity contribution in [3.63, 3.8) is 0 Å². The number of phenols is 4. The monoisotopic (exact) mass is 1130 g/mol. The van der Waals surface area contributed by atoms with Gasteiger partial charge in [-0.1, -0.05) is 215 Å². The molecule has 0 aliphatic heterocycles. The van der Waals surface area contributed by atoms with Crippen LogP contribution in [0.15, 0.2) is 48.5 Å². The average Bonchev–Trinajstić information content (AvgIpc) is 3.41. The first-order valence-corrected chi connectivity index (χ1v) is 31.0. The van der Waals surface area contributed by atoms with Crippen LogP contribution in [0.3, 0.4) is 0 Å². The Balaban J connectivity index is 1.63. The number of hydrogen-bond donors (Lipinski definition) is 4. The molecule has 0 radical (unpaired) electrons. The molecule has 4 aromatic carbocycles. The second-order valence-electron chi connectivity index (χ2n) is 32.8. The van der Waals surface area contributed by atoms with E-state index in [2.05, 4.69) is 215 Å². The van der Waals surface area contributed by atoms with Crippen LogP contribution in [0.25, 0.3) is 0 Å². The highest BCUT2D eigenvalue weighted by molar-refractivity contribution is 5.77. The Kier molecular flexibility index (Phi) is 21.8. The number of nitrogens with zero attached hydrogens (tertiary/aromatic N) is 2. The molecule has 0 saturated carbocycles. The molecule has 2 amide bonds. The number of amides is 2. The number of aryl methyl sites for hydroxylation is 4. The predicted molar refractivity (Wildman–Crippen MR) is 347 cm³/mol. The fourth-order valence-corrected chi connectivity index (χ4v) is 11.6. The van der Waals surface area contributed by atoms with Crippen LogP contribution in [0.5, 0.6) is 23.0 Å². The highest BCUT2D eigenvalue weighted by Crippen LogP contribution is 2.45. The summed E-state index contributed by atoms with van der Waals surface area (Å²) >= 11 is 0. The lowest BCUT2D eigenvalue weighted by molar-refractivity contribution is -0.134. The molecule has 82 heavy (non-hydrogen) atoms. The Labute approximate surface area is 500 Å². The van der Waals surface area contributed by atoms with Crippen LogP contribution in [0.1, 0.15) is 284 Å². The first-order chi connectivity index (χ1) is 37.0. The lowest BCUT2D eigenvalue weighted by Crippen LogP contribution is -2.38. The summed E-state index contributed by atoms with van der Waals surface area (Å²) in [5, 5.41) is 46.3. The number of hydrogen-bond acceptors (Lipinski definition) is 6. The Morgan fingerprint density at radius 3 is 0.598 bits per heavy atom. The van der Waals surface area contributed by atoms with Crippen molar-refractivity contribution >= 4 is 11.8 Å². The second kappa shape index (κ2) is 25.7. The van der Waals surface area contributed by atoms with E-state index in [-0.39, 0.29) is 67.2 Å². The van der Waals surface area contributed by atoms with Crippen LogP contribution >= 0.6 is 0 Å². The minimum atomic E-state index is -0.265. The molecule has 8 heteroatoms. The van der Waals surface area contributed by atoms with E-state index >= 15 is 0 Å². The third kappa shape index (κ3) is 18.3. The Morgan fingerprint density at radius 2 is 0.463 bits per heavy atom. The quantitative estimate of drug-likeness (QED) is 0.0694. The molecule has 0 aromatic heterocycles. The van der Waals surface area contributed by atoms with Crippen molar-refractivity contribution in [1.29, 1.82) is 0 Å². The molecular weight excluding hydrogens is 1010 g/mol. The maximum absolute atomic E-state index is 14.5. The van der Waals surface area contributed by atoms with E-state index in [1.54, 1.807) is 0 Å². The van der Waals surface area contributed by atoms with Crippen LogP contribution in [0.4, 0.5) is 0 Å². The van der Waals surface area contributed by atoms with Crippen LogP contribution in [-0.4, -0.2) is 68.2 Å². The number of benzene rings is 4. The molecular formula is C74H116N2O6. The number of aromatic hydroxyl groups is 4. The minimum absolute atomic E-state index is 0.0629. The van der Waals surface area contributed by atoms with Crippen molar-refractivity contribution in [2.75, 3.05) is 14.1 Å². The summed E-state index contributed by atoms with van der Waals surface area (Å²) in [6.07, 6.45) is 7.71. The Bertz CT molecular complexity index is 2340. The van der Waals surface area contributed by atoms with Gasteiger partial charge in [-0.15, -0.1) is 0 Å². The van der Waals surface area contributed by atoms with Crippen molar-refractivity contribution in [3.05, 3.63) is 115 Å². The van der Waals surface area contributed by atoms with Crippen LogP contribution < -0.4 is 0 Å². The van der Waals surface area contributed by atoms with E-state index in [1.165, 1.54) is 0 Å². The fraction of sp³-hybridized carbons (Fsp3) is 0.649. The van der Waals surface area contributed by atoms with Crippen molar-refractivity contribution in [2.24, 2.45) is 0 Å². The predicted octanol–water partition coefficient (Wildman–Crippen LogP) is 17.9. The molecule has 4 rings (SSSR count). The summed E-state index contributed by atoms with van der Waals surface area (Å²) in [7, 11) is 3.89. The van der Waals surface area contributed by atoms with Gasteiger partial charge in [0.25, 0.3) is 0 Å². The van der Waals surface area contributed by atoms with Gasteiger partial charge in [-0.2, -0.15) is 0 Å². The summed E-state index contributed by atoms with van der Waals surface area (Å²) in [5.41, 5.74) is 9.91. The highest BCUT2D eigenvalue weighted by Gasteiger charge is 2.33. The summed E-state index contributed by atoms with van der Waals surface area (Å²) in [5.74, 6) is 1.58. The zero-order chi connectivity index (χ0) is 62.8. The summed E-state index contributed by atoms with van der Waals surface area (Å²) in [6, 6.07) is 17.1. The van der Waals surface area contributed by atoms with E-state index in [0.717, 1.165) is 118 Å². The van der Waals surface area contributed by atoms with Crippen LogP contribution in [-0.2, 0) is 78.6 Å². The van der Waals surface area contributed by atoms with Gasteiger partial charge in [0.15, 0.2) is 0 Å². The third-order valence-corrected chi connectivity index (χ3v) is 17.1. The molecule has 0 spiro atoms. The zero-order valence-electron chi connectivity index (χ0n) is 56.8. The molecule has 0 saturated heterocycles. The highest BCUT2D eigenvalue weighted by atomic mass is 16.3. The van der Waals surface area contributed by atoms with Gasteiger partial charge in [-0.25, -0.2) is 0 Å². The third-order valence-electron chi connectivity index (χ3n) is 17.1. The van der Waals surface area contributed by atoms with Gasteiger partial charge >= 0.3 is 0 Å². The van der Waals surface area contributed by atoms with Crippen molar-refractivity contribution in [2.45, 2.75) is 299 Å². The number of carbonyl (C=O) groups is 2. The molecule has 0 unspecified atom stereocenters. The summed E-state index contributed by atoms with van der Waals surface area (Å²) in [4.78, 5) is 32.9. The second-order valence-corrected chi connectivity index (χ2v) is 32.8. The number of unbranched alkanes of at least 4 members (excludes halogenated alkanes) is 1. The Hall–Kier alpha value is -4.98. The molecule has 0 aliphatic rings. The molecule has 4 N–H and O–H groups in total.